The number of carbonyl (C=O) groups excluding carboxylic acids is 2. The number of aromatic nitrogens is 4. The van der Waals surface area contributed by atoms with Gasteiger partial charge < -0.3 is 10.1 Å². The molecule has 0 radical (unpaired) electrons. The van der Waals surface area contributed by atoms with Crippen LogP contribution < -0.4 is 5.32 Å². The molecule has 0 saturated heterocycles. The molecule has 27 heavy (non-hydrogen) atoms. The molecule has 0 saturated carbocycles. The van der Waals surface area contributed by atoms with Crippen molar-refractivity contribution in [3.63, 3.8) is 0 Å². The second-order valence-corrected chi connectivity index (χ2v) is 6.89. The van der Waals surface area contributed by atoms with Gasteiger partial charge >= 0.3 is 5.97 Å². The zero-order valence-electron chi connectivity index (χ0n) is 15.0. The van der Waals surface area contributed by atoms with Crippen LogP contribution in [0.15, 0.2) is 41.1 Å². The number of nitrogens with zero attached hydrogens (tertiary/aromatic N) is 4. The van der Waals surface area contributed by atoms with E-state index < -0.39 is 11.9 Å². The number of tetrazole rings is 1. The van der Waals surface area contributed by atoms with Gasteiger partial charge in [0.25, 0.3) is 5.91 Å². The van der Waals surface area contributed by atoms with Crippen molar-refractivity contribution < 1.29 is 14.3 Å². The van der Waals surface area contributed by atoms with E-state index in [2.05, 4.69) is 20.7 Å². The van der Waals surface area contributed by atoms with Gasteiger partial charge in [-0.15, -0.1) is 10.2 Å². The van der Waals surface area contributed by atoms with E-state index in [-0.39, 0.29) is 19.1 Å². The number of benzene rings is 1. The van der Waals surface area contributed by atoms with E-state index >= 15 is 0 Å². The van der Waals surface area contributed by atoms with Crippen LogP contribution in [0.25, 0.3) is 11.4 Å². The SMILES string of the molecule is CC(C)c1ccccc1NC(=O)COC(=O)Cn1nnc(-c2ccsc2)n1. The molecule has 0 fully saturated rings. The van der Waals surface area contributed by atoms with Crippen molar-refractivity contribution in [1.82, 2.24) is 20.2 Å². The molecule has 0 atom stereocenters. The number of carbonyl (C=O) groups is 2. The van der Waals surface area contributed by atoms with Gasteiger partial charge in [0.15, 0.2) is 13.2 Å². The van der Waals surface area contributed by atoms with Gasteiger partial charge in [0, 0.05) is 16.6 Å². The lowest BCUT2D eigenvalue weighted by Gasteiger charge is -2.13. The van der Waals surface area contributed by atoms with Gasteiger partial charge in [0.05, 0.1) is 0 Å². The van der Waals surface area contributed by atoms with Crippen LogP contribution in [0.5, 0.6) is 0 Å². The maximum Gasteiger partial charge on any atom is 0.330 e. The standard InChI is InChI=1S/C18H19N5O3S/c1-12(2)14-5-3-4-6-15(14)19-16(24)10-26-17(25)9-23-21-18(20-22-23)13-7-8-27-11-13/h3-8,11-12H,9-10H2,1-2H3,(H,19,24). The highest BCUT2D eigenvalue weighted by Crippen LogP contribution is 2.23. The molecule has 2 heterocycles. The highest BCUT2D eigenvalue weighted by Gasteiger charge is 2.14. The van der Waals surface area contributed by atoms with Gasteiger partial charge in [0.2, 0.25) is 5.82 Å². The molecule has 0 spiro atoms. The number of ether oxygens (including phenoxy) is 1. The topological polar surface area (TPSA) is 99.0 Å². The minimum atomic E-state index is -0.614. The Morgan fingerprint density at radius 2 is 2.07 bits per heavy atom. The van der Waals surface area contributed by atoms with Crippen LogP contribution >= 0.6 is 11.3 Å². The number of para-hydroxylation sites is 1. The van der Waals surface area contributed by atoms with Crippen LogP contribution in [0, 0.1) is 0 Å². The summed E-state index contributed by atoms with van der Waals surface area (Å²) in [6.07, 6.45) is 0. The summed E-state index contributed by atoms with van der Waals surface area (Å²) >= 11 is 1.52. The Morgan fingerprint density at radius 3 is 2.81 bits per heavy atom. The third-order valence-corrected chi connectivity index (χ3v) is 4.41. The van der Waals surface area contributed by atoms with Crippen molar-refractivity contribution >= 4 is 28.9 Å². The lowest BCUT2D eigenvalue weighted by atomic mass is 10.0. The molecule has 0 aliphatic heterocycles. The number of esters is 1. The van der Waals surface area contributed by atoms with Crippen molar-refractivity contribution in [3.05, 3.63) is 46.7 Å². The first-order chi connectivity index (χ1) is 13.0. The van der Waals surface area contributed by atoms with Gasteiger partial charge in [0.1, 0.15) is 0 Å². The fourth-order valence-electron chi connectivity index (χ4n) is 2.43. The maximum absolute atomic E-state index is 12.1. The van der Waals surface area contributed by atoms with E-state index in [0.29, 0.717) is 11.5 Å². The third-order valence-electron chi connectivity index (χ3n) is 3.72. The molecule has 1 N–H and O–H groups in total. The summed E-state index contributed by atoms with van der Waals surface area (Å²) < 4.78 is 5.00. The zero-order valence-corrected chi connectivity index (χ0v) is 15.8. The second kappa shape index (κ2) is 8.54. The Kier molecular flexibility index (Phi) is 5.92. The van der Waals surface area contributed by atoms with Crippen molar-refractivity contribution in [3.8, 4) is 11.4 Å². The number of thiophene rings is 1. The normalized spacial score (nSPS) is 10.8. The van der Waals surface area contributed by atoms with Crippen molar-refractivity contribution in [2.75, 3.05) is 11.9 Å². The van der Waals surface area contributed by atoms with Crippen LogP contribution in [0.1, 0.15) is 25.3 Å². The third kappa shape index (κ3) is 4.98. The Bertz CT molecular complexity index is 921. The molecular formula is C18H19N5O3S. The average molecular weight is 385 g/mol. The quantitative estimate of drug-likeness (QED) is 0.628. The van der Waals surface area contributed by atoms with E-state index in [4.69, 9.17) is 4.74 Å². The van der Waals surface area contributed by atoms with E-state index in [0.717, 1.165) is 15.9 Å². The first-order valence-electron chi connectivity index (χ1n) is 8.37. The second-order valence-electron chi connectivity index (χ2n) is 6.11. The molecule has 3 rings (SSSR count). The molecule has 1 aromatic carbocycles. The van der Waals surface area contributed by atoms with Gasteiger partial charge in [-0.2, -0.15) is 16.1 Å². The van der Waals surface area contributed by atoms with Crippen LogP contribution in [-0.2, 0) is 20.9 Å². The first-order valence-corrected chi connectivity index (χ1v) is 9.32. The molecule has 0 aliphatic carbocycles. The average Bonchev–Trinajstić information content (AvgIpc) is 3.32. The van der Waals surface area contributed by atoms with Crippen molar-refractivity contribution in [2.24, 2.45) is 0 Å². The summed E-state index contributed by atoms with van der Waals surface area (Å²) in [5, 5.41) is 18.4. The molecule has 1 amide bonds. The summed E-state index contributed by atoms with van der Waals surface area (Å²) in [5.74, 6) is -0.314. The van der Waals surface area contributed by atoms with Crippen molar-refractivity contribution in [1.29, 1.82) is 0 Å². The Labute approximate surface area is 160 Å². The van der Waals surface area contributed by atoms with Gasteiger partial charge in [-0.1, -0.05) is 32.0 Å². The predicted molar refractivity (Wildman–Crippen MR) is 101 cm³/mol. The van der Waals surface area contributed by atoms with Gasteiger partial charge in [-0.25, -0.2) is 4.79 Å². The number of rotatable bonds is 7. The van der Waals surface area contributed by atoms with Gasteiger partial charge in [-0.3, -0.25) is 4.79 Å². The number of hydrogen-bond acceptors (Lipinski definition) is 7. The molecule has 140 valence electrons. The number of amides is 1. The number of anilines is 1. The fraction of sp³-hybridized carbons (Fsp3) is 0.278. The zero-order chi connectivity index (χ0) is 19.2. The minimum Gasteiger partial charge on any atom is -0.454 e. The van der Waals surface area contributed by atoms with Gasteiger partial charge in [-0.05, 0) is 34.2 Å². The summed E-state index contributed by atoms with van der Waals surface area (Å²) in [4.78, 5) is 25.1. The molecular weight excluding hydrogens is 366 g/mol. The smallest absolute Gasteiger partial charge is 0.330 e. The largest absolute Gasteiger partial charge is 0.454 e. The lowest BCUT2D eigenvalue weighted by molar-refractivity contribution is -0.148. The lowest BCUT2D eigenvalue weighted by Crippen LogP contribution is -2.24. The van der Waals surface area contributed by atoms with E-state index in [1.165, 1.54) is 11.3 Å². The molecule has 2 aromatic heterocycles. The Hall–Kier alpha value is -3.07. The Balaban J connectivity index is 1.50. The monoisotopic (exact) mass is 385 g/mol. The summed E-state index contributed by atoms with van der Waals surface area (Å²) in [7, 11) is 0. The van der Waals surface area contributed by atoms with Crippen LogP contribution in [-0.4, -0.2) is 38.7 Å². The number of nitrogens with one attached hydrogen (secondary N) is 1. The maximum atomic E-state index is 12.1. The minimum absolute atomic E-state index is 0.215. The Morgan fingerprint density at radius 1 is 1.26 bits per heavy atom. The van der Waals surface area contributed by atoms with Crippen LogP contribution in [0.3, 0.4) is 0 Å². The highest BCUT2D eigenvalue weighted by atomic mass is 32.1. The first kappa shape index (κ1) is 18.7. The number of hydrogen-bond donors (Lipinski definition) is 1. The van der Waals surface area contributed by atoms with E-state index in [1.54, 1.807) is 0 Å². The molecule has 8 nitrogen and oxygen atoms in total. The van der Waals surface area contributed by atoms with Crippen molar-refractivity contribution in [2.45, 2.75) is 26.3 Å². The fourth-order valence-corrected chi connectivity index (χ4v) is 3.06. The molecule has 0 aliphatic rings. The highest BCUT2D eigenvalue weighted by molar-refractivity contribution is 7.08. The van der Waals surface area contributed by atoms with E-state index in [1.807, 2.05) is 54.9 Å². The molecule has 0 bridgehead atoms. The summed E-state index contributed by atoms with van der Waals surface area (Å²) in [6, 6.07) is 9.40. The van der Waals surface area contributed by atoms with Crippen LogP contribution in [0.2, 0.25) is 0 Å². The molecule has 0 unspecified atom stereocenters. The predicted octanol–water partition coefficient (Wildman–Crippen LogP) is 2.71. The summed E-state index contributed by atoms with van der Waals surface area (Å²) in [5.41, 5.74) is 2.57. The molecule has 9 heteroatoms. The molecule has 3 aromatic rings. The summed E-state index contributed by atoms with van der Waals surface area (Å²) in [6.45, 7) is 3.49. The van der Waals surface area contributed by atoms with Crippen LogP contribution in [0.4, 0.5) is 5.69 Å². The van der Waals surface area contributed by atoms with E-state index in [9.17, 15) is 9.59 Å².